The number of aromatic nitrogens is 1. The Morgan fingerprint density at radius 1 is 1.00 bits per heavy atom. The Morgan fingerprint density at radius 2 is 1.58 bits per heavy atom. The molecular formula is C23H15F5N2O5S. The molecule has 0 atom stereocenters. The van der Waals surface area contributed by atoms with Gasteiger partial charge < -0.3 is 15.4 Å². The Bertz CT molecular complexity index is 1600. The number of carboxylic acid groups (broad SMARTS) is 1. The topological polar surface area (TPSA) is 116 Å². The summed E-state index contributed by atoms with van der Waals surface area (Å²) in [4.78, 5) is 26.3. The number of carbonyl (C=O) groups excluding carboxylic acids is 1. The summed E-state index contributed by atoms with van der Waals surface area (Å²) in [5.41, 5.74) is -0.372. The van der Waals surface area contributed by atoms with Crippen LogP contribution in [-0.2, 0) is 20.4 Å². The van der Waals surface area contributed by atoms with Crippen molar-refractivity contribution in [2.24, 2.45) is 0 Å². The van der Waals surface area contributed by atoms with Gasteiger partial charge in [-0.3, -0.25) is 4.79 Å². The van der Waals surface area contributed by atoms with E-state index in [4.69, 9.17) is 0 Å². The summed E-state index contributed by atoms with van der Waals surface area (Å²) in [7, 11) is -4.65. The first-order chi connectivity index (χ1) is 16.7. The number of hydrogen-bond donors (Lipinski definition) is 3. The van der Waals surface area contributed by atoms with Gasteiger partial charge in [0.1, 0.15) is 0 Å². The molecule has 0 bridgehead atoms. The Kier molecular flexibility index (Phi) is 5.99. The highest BCUT2D eigenvalue weighted by molar-refractivity contribution is 7.90. The van der Waals surface area contributed by atoms with Gasteiger partial charge in [0, 0.05) is 28.2 Å². The number of sulfone groups is 1. The Hall–Kier alpha value is -4.00. The summed E-state index contributed by atoms with van der Waals surface area (Å²) < 4.78 is 94.2. The SMILES string of the molecule is Cc1[nH]c(/C=C2\C(=O)Nc3ccc(S(=O)(=O)Cc4c(F)c(F)c(F)c(F)c4F)cc32)c(C)c1C(=O)O. The standard InChI is InChI=1S/C23H15F5N2O5S/c1-8-15(29-9(2)16(8)23(32)33)6-12-11-5-10(3-4-14(11)30-22(12)31)36(34,35)7-13-17(24)19(26)21(28)20(27)18(13)25/h3-6,29H,7H2,1-2H3,(H,30,31)(H,32,33)/b12-6-. The van der Waals surface area contributed by atoms with E-state index < -0.39 is 67.0 Å². The lowest BCUT2D eigenvalue weighted by molar-refractivity contribution is -0.110. The number of aromatic amines is 1. The molecule has 4 rings (SSSR count). The van der Waals surface area contributed by atoms with E-state index in [1.165, 1.54) is 26.0 Å². The van der Waals surface area contributed by atoms with Gasteiger partial charge in [-0.1, -0.05) is 0 Å². The highest BCUT2D eigenvalue weighted by Gasteiger charge is 2.31. The quantitative estimate of drug-likeness (QED) is 0.196. The van der Waals surface area contributed by atoms with Crippen LogP contribution in [0.3, 0.4) is 0 Å². The maximum atomic E-state index is 14.1. The van der Waals surface area contributed by atoms with E-state index in [1.54, 1.807) is 0 Å². The largest absolute Gasteiger partial charge is 0.478 e. The fraction of sp³-hybridized carbons (Fsp3) is 0.130. The number of amides is 1. The first-order valence-electron chi connectivity index (χ1n) is 10.1. The van der Waals surface area contributed by atoms with Gasteiger partial charge in [-0.15, -0.1) is 0 Å². The lowest BCUT2D eigenvalue weighted by Crippen LogP contribution is -2.13. The van der Waals surface area contributed by atoms with Crippen LogP contribution in [0.25, 0.3) is 11.6 Å². The molecule has 1 aliphatic rings. The van der Waals surface area contributed by atoms with E-state index in [1.807, 2.05) is 0 Å². The van der Waals surface area contributed by atoms with Crippen LogP contribution in [0.2, 0.25) is 0 Å². The molecule has 0 radical (unpaired) electrons. The highest BCUT2D eigenvalue weighted by atomic mass is 32.2. The van der Waals surface area contributed by atoms with E-state index in [9.17, 15) is 45.1 Å². The van der Waals surface area contributed by atoms with E-state index in [0.29, 0.717) is 11.3 Å². The van der Waals surface area contributed by atoms with Gasteiger partial charge in [-0.25, -0.2) is 35.2 Å². The van der Waals surface area contributed by atoms with Gasteiger partial charge in [-0.2, -0.15) is 0 Å². The molecule has 1 amide bonds. The molecule has 3 N–H and O–H groups in total. The molecule has 0 spiro atoms. The second kappa shape index (κ2) is 8.59. The maximum Gasteiger partial charge on any atom is 0.337 e. The minimum atomic E-state index is -4.65. The van der Waals surface area contributed by atoms with Crippen molar-refractivity contribution in [1.29, 1.82) is 0 Å². The number of nitrogens with one attached hydrogen (secondary N) is 2. The molecule has 1 aromatic heterocycles. The second-order valence-electron chi connectivity index (χ2n) is 8.00. The summed E-state index contributed by atoms with van der Waals surface area (Å²) in [6.07, 6.45) is 1.32. The number of carboxylic acids is 1. The predicted molar refractivity (Wildman–Crippen MR) is 117 cm³/mol. The van der Waals surface area contributed by atoms with Gasteiger partial charge in [-0.05, 0) is 43.7 Å². The molecule has 0 aliphatic carbocycles. The van der Waals surface area contributed by atoms with E-state index in [0.717, 1.165) is 12.1 Å². The van der Waals surface area contributed by atoms with Crippen molar-refractivity contribution < 1.29 is 45.1 Å². The number of aryl methyl sites for hydroxylation is 1. The second-order valence-corrected chi connectivity index (χ2v) is 9.99. The van der Waals surface area contributed by atoms with Crippen molar-refractivity contribution in [2.75, 3.05) is 5.32 Å². The van der Waals surface area contributed by atoms with Crippen LogP contribution in [0, 0.1) is 42.9 Å². The van der Waals surface area contributed by atoms with Crippen LogP contribution < -0.4 is 5.32 Å². The number of benzene rings is 2. The van der Waals surface area contributed by atoms with Crippen molar-refractivity contribution in [1.82, 2.24) is 4.98 Å². The van der Waals surface area contributed by atoms with Crippen molar-refractivity contribution in [3.8, 4) is 0 Å². The fourth-order valence-electron chi connectivity index (χ4n) is 3.94. The predicted octanol–water partition coefficient (Wildman–Crippen LogP) is 4.49. The zero-order valence-electron chi connectivity index (χ0n) is 18.4. The summed E-state index contributed by atoms with van der Waals surface area (Å²) in [5, 5.41) is 11.9. The highest BCUT2D eigenvalue weighted by Crippen LogP contribution is 2.36. The Balaban J connectivity index is 1.79. The molecule has 0 saturated heterocycles. The van der Waals surface area contributed by atoms with Gasteiger partial charge in [0.05, 0.1) is 21.8 Å². The Morgan fingerprint density at radius 3 is 2.14 bits per heavy atom. The number of fused-ring (bicyclic) bond motifs is 1. The van der Waals surface area contributed by atoms with Gasteiger partial charge in [0.25, 0.3) is 5.91 Å². The number of hydrogen-bond acceptors (Lipinski definition) is 4. The Labute approximate surface area is 200 Å². The molecule has 2 aromatic carbocycles. The average molecular weight is 526 g/mol. The smallest absolute Gasteiger partial charge is 0.337 e. The normalized spacial score (nSPS) is 14.3. The summed E-state index contributed by atoms with van der Waals surface area (Å²) in [6.45, 7) is 3.03. The zero-order chi connectivity index (χ0) is 26.7. The lowest BCUT2D eigenvalue weighted by atomic mass is 10.0. The molecule has 7 nitrogen and oxygen atoms in total. The number of carbonyl (C=O) groups is 2. The van der Waals surface area contributed by atoms with Crippen molar-refractivity contribution in [3.63, 3.8) is 0 Å². The number of rotatable bonds is 5. The summed E-state index contributed by atoms with van der Waals surface area (Å²) in [6, 6.07) is 3.23. The van der Waals surface area contributed by atoms with Crippen molar-refractivity contribution in [2.45, 2.75) is 24.5 Å². The molecule has 0 unspecified atom stereocenters. The van der Waals surface area contributed by atoms with Crippen LogP contribution in [-0.4, -0.2) is 30.4 Å². The van der Waals surface area contributed by atoms with Gasteiger partial charge in [0.2, 0.25) is 5.82 Å². The van der Waals surface area contributed by atoms with Gasteiger partial charge in [0.15, 0.2) is 33.1 Å². The molecule has 3 aromatic rings. The lowest BCUT2D eigenvalue weighted by Gasteiger charge is -2.10. The minimum absolute atomic E-state index is 0.000349. The van der Waals surface area contributed by atoms with Crippen LogP contribution in [0.15, 0.2) is 23.1 Å². The van der Waals surface area contributed by atoms with Gasteiger partial charge >= 0.3 is 5.97 Å². The van der Waals surface area contributed by atoms with Crippen LogP contribution in [0.4, 0.5) is 27.6 Å². The summed E-state index contributed by atoms with van der Waals surface area (Å²) in [5.74, 6) is -14.8. The molecule has 188 valence electrons. The molecule has 13 heteroatoms. The minimum Gasteiger partial charge on any atom is -0.478 e. The zero-order valence-corrected chi connectivity index (χ0v) is 19.2. The average Bonchev–Trinajstić information content (AvgIpc) is 3.28. The molecular weight excluding hydrogens is 511 g/mol. The molecule has 0 saturated carbocycles. The third kappa shape index (κ3) is 3.94. The van der Waals surface area contributed by atoms with E-state index in [-0.39, 0.29) is 28.1 Å². The first-order valence-corrected chi connectivity index (χ1v) is 11.7. The molecule has 36 heavy (non-hydrogen) atoms. The maximum absolute atomic E-state index is 14.1. The molecule has 2 heterocycles. The van der Waals surface area contributed by atoms with Crippen molar-refractivity contribution in [3.05, 3.63) is 80.9 Å². The molecule has 0 fully saturated rings. The number of aromatic carboxylic acids is 1. The van der Waals surface area contributed by atoms with Crippen LogP contribution in [0.5, 0.6) is 0 Å². The number of H-pyrrole nitrogens is 1. The number of halogens is 5. The summed E-state index contributed by atoms with van der Waals surface area (Å²) >= 11 is 0. The third-order valence-electron chi connectivity index (χ3n) is 5.75. The van der Waals surface area contributed by atoms with Crippen molar-refractivity contribution >= 4 is 39.1 Å². The monoisotopic (exact) mass is 526 g/mol. The molecule has 1 aliphatic heterocycles. The number of anilines is 1. The van der Waals surface area contributed by atoms with Crippen LogP contribution >= 0.6 is 0 Å². The first kappa shape index (κ1) is 25.1. The fourth-order valence-corrected chi connectivity index (χ4v) is 5.31. The van der Waals surface area contributed by atoms with E-state index >= 15 is 0 Å². The van der Waals surface area contributed by atoms with Crippen LogP contribution in [0.1, 0.15) is 38.4 Å². The third-order valence-corrected chi connectivity index (χ3v) is 7.39. The van der Waals surface area contributed by atoms with E-state index in [2.05, 4.69) is 10.3 Å².